The summed E-state index contributed by atoms with van der Waals surface area (Å²) in [7, 11) is -2.55. The minimum Gasteiger partial charge on any atom is -0.478 e. The highest BCUT2D eigenvalue weighted by atomic mass is 35.5. The molecule has 30 heavy (non-hydrogen) atoms. The van der Waals surface area contributed by atoms with Crippen molar-refractivity contribution < 1.29 is 23.1 Å². The molecule has 0 unspecified atom stereocenters. The van der Waals surface area contributed by atoms with Crippen LogP contribution in [0.15, 0.2) is 77.7 Å². The number of sulfonamides is 1. The number of para-hydroxylation sites is 2. The number of carbonyl (C=O) groups excluding carboxylic acids is 1. The second-order valence-corrected chi connectivity index (χ2v) is 8.63. The van der Waals surface area contributed by atoms with Crippen LogP contribution in [-0.2, 0) is 10.0 Å². The van der Waals surface area contributed by atoms with E-state index in [0.717, 1.165) is 10.4 Å². The maximum atomic E-state index is 13.0. The molecule has 0 aliphatic carbocycles. The maximum absolute atomic E-state index is 13.0. The fraction of sp³-hybridized carbons (Fsp3) is 0.0476. The van der Waals surface area contributed by atoms with Crippen LogP contribution in [0.5, 0.6) is 0 Å². The van der Waals surface area contributed by atoms with Crippen LogP contribution in [-0.4, -0.2) is 32.4 Å². The predicted molar refractivity (Wildman–Crippen MR) is 115 cm³/mol. The largest absolute Gasteiger partial charge is 0.478 e. The summed E-state index contributed by atoms with van der Waals surface area (Å²) in [4.78, 5) is 23.9. The van der Waals surface area contributed by atoms with E-state index in [1.165, 1.54) is 37.4 Å². The monoisotopic (exact) mass is 444 g/mol. The van der Waals surface area contributed by atoms with Crippen molar-refractivity contribution in [2.75, 3.05) is 16.7 Å². The van der Waals surface area contributed by atoms with E-state index in [1.807, 2.05) is 0 Å². The second kappa shape index (κ2) is 8.56. The zero-order valence-electron chi connectivity index (χ0n) is 15.7. The molecule has 3 aromatic carbocycles. The molecule has 3 aromatic rings. The molecule has 0 aromatic heterocycles. The Morgan fingerprint density at radius 2 is 1.57 bits per heavy atom. The maximum Gasteiger partial charge on any atom is 0.337 e. The number of anilines is 2. The summed E-state index contributed by atoms with van der Waals surface area (Å²) in [6.45, 7) is 0. The molecule has 0 saturated carbocycles. The number of carboxylic acid groups (broad SMARTS) is 1. The molecular weight excluding hydrogens is 428 g/mol. The number of nitrogens with one attached hydrogen (secondary N) is 1. The Balaban J connectivity index is 1.96. The fourth-order valence-electron chi connectivity index (χ4n) is 2.74. The summed E-state index contributed by atoms with van der Waals surface area (Å²) in [5.74, 6) is -1.94. The molecule has 0 saturated heterocycles. The zero-order valence-corrected chi connectivity index (χ0v) is 17.3. The molecule has 0 fully saturated rings. The highest BCUT2D eigenvalue weighted by Gasteiger charge is 2.24. The molecule has 0 bridgehead atoms. The van der Waals surface area contributed by atoms with E-state index >= 15 is 0 Å². The van der Waals surface area contributed by atoms with Crippen molar-refractivity contribution in [3.05, 3.63) is 88.9 Å². The number of amides is 1. The van der Waals surface area contributed by atoms with E-state index < -0.39 is 21.9 Å². The molecule has 3 rings (SSSR count). The minimum absolute atomic E-state index is 0.0293. The van der Waals surface area contributed by atoms with Gasteiger partial charge in [-0.05, 0) is 42.5 Å². The number of benzene rings is 3. The third kappa shape index (κ3) is 4.29. The van der Waals surface area contributed by atoms with Gasteiger partial charge in [0.15, 0.2) is 0 Å². The first-order chi connectivity index (χ1) is 14.2. The number of nitrogens with zero attached hydrogens (tertiary/aromatic N) is 1. The lowest BCUT2D eigenvalue weighted by molar-refractivity contribution is 0.0698. The van der Waals surface area contributed by atoms with Crippen molar-refractivity contribution in [3.8, 4) is 0 Å². The molecule has 0 heterocycles. The highest BCUT2D eigenvalue weighted by Crippen LogP contribution is 2.26. The van der Waals surface area contributed by atoms with Gasteiger partial charge in [-0.15, -0.1) is 0 Å². The van der Waals surface area contributed by atoms with E-state index in [0.29, 0.717) is 5.69 Å². The van der Waals surface area contributed by atoms with Crippen molar-refractivity contribution in [1.82, 2.24) is 0 Å². The molecule has 0 radical (unpaired) electrons. The molecule has 9 heteroatoms. The average molecular weight is 445 g/mol. The van der Waals surface area contributed by atoms with Crippen molar-refractivity contribution in [2.24, 2.45) is 0 Å². The predicted octanol–water partition coefficient (Wildman–Crippen LogP) is 4.12. The Bertz CT molecular complexity index is 1210. The fourth-order valence-corrected chi connectivity index (χ4v) is 4.17. The van der Waals surface area contributed by atoms with Crippen molar-refractivity contribution in [1.29, 1.82) is 0 Å². The Hall–Kier alpha value is -3.36. The van der Waals surface area contributed by atoms with Crippen LogP contribution >= 0.6 is 11.6 Å². The van der Waals surface area contributed by atoms with Crippen LogP contribution in [0.1, 0.15) is 20.7 Å². The van der Waals surface area contributed by atoms with E-state index in [2.05, 4.69) is 5.32 Å². The highest BCUT2D eigenvalue weighted by molar-refractivity contribution is 7.92. The first-order valence-electron chi connectivity index (χ1n) is 8.69. The smallest absolute Gasteiger partial charge is 0.337 e. The van der Waals surface area contributed by atoms with Crippen molar-refractivity contribution >= 4 is 44.9 Å². The first-order valence-corrected chi connectivity index (χ1v) is 10.5. The normalized spacial score (nSPS) is 11.0. The number of hydrogen-bond acceptors (Lipinski definition) is 4. The molecule has 0 aliphatic heterocycles. The third-order valence-corrected chi connectivity index (χ3v) is 6.48. The van der Waals surface area contributed by atoms with Gasteiger partial charge in [0.1, 0.15) is 0 Å². The quantitative estimate of drug-likeness (QED) is 0.595. The van der Waals surface area contributed by atoms with E-state index in [1.54, 1.807) is 36.4 Å². The molecular formula is C21H17ClN2O5S. The Morgan fingerprint density at radius 3 is 2.23 bits per heavy atom. The number of hydrogen-bond donors (Lipinski definition) is 2. The minimum atomic E-state index is -3.96. The second-order valence-electron chi connectivity index (χ2n) is 6.25. The van der Waals surface area contributed by atoms with Gasteiger partial charge in [-0.3, -0.25) is 9.10 Å². The topological polar surface area (TPSA) is 104 Å². The van der Waals surface area contributed by atoms with Gasteiger partial charge in [0, 0.05) is 7.05 Å². The van der Waals surface area contributed by atoms with Gasteiger partial charge >= 0.3 is 5.97 Å². The van der Waals surface area contributed by atoms with E-state index in [4.69, 9.17) is 11.6 Å². The summed E-state index contributed by atoms with van der Waals surface area (Å²) >= 11 is 6.12. The van der Waals surface area contributed by atoms with Gasteiger partial charge in [0.05, 0.1) is 32.4 Å². The number of rotatable bonds is 6. The molecule has 2 N–H and O–H groups in total. The number of carbonyl (C=O) groups is 2. The standard InChI is InChI=1S/C21H17ClN2O5S/c1-24(14-7-3-2-4-8-14)30(28,29)15-11-12-18(22)17(13-15)20(25)23-19-10-6-5-9-16(19)21(26)27/h2-13H,1H3,(H,23,25)(H,26,27). The van der Waals surface area contributed by atoms with Crippen LogP contribution in [0.2, 0.25) is 5.02 Å². The third-order valence-electron chi connectivity index (χ3n) is 4.37. The molecule has 7 nitrogen and oxygen atoms in total. The van der Waals surface area contributed by atoms with Gasteiger partial charge in [-0.25, -0.2) is 13.2 Å². The lowest BCUT2D eigenvalue weighted by Gasteiger charge is -2.20. The lowest BCUT2D eigenvalue weighted by atomic mass is 10.1. The average Bonchev–Trinajstić information content (AvgIpc) is 2.74. The molecule has 154 valence electrons. The molecule has 0 aliphatic rings. The lowest BCUT2D eigenvalue weighted by Crippen LogP contribution is -2.27. The van der Waals surface area contributed by atoms with Crippen LogP contribution < -0.4 is 9.62 Å². The van der Waals surface area contributed by atoms with Gasteiger partial charge < -0.3 is 10.4 Å². The van der Waals surface area contributed by atoms with Crippen LogP contribution in [0, 0.1) is 0 Å². The van der Waals surface area contributed by atoms with E-state index in [-0.39, 0.29) is 26.7 Å². The molecule has 1 amide bonds. The first kappa shape index (κ1) is 21.4. The van der Waals surface area contributed by atoms with Gasteiger partial charge in [-0.2, -0.15) is 0 Å². The number of aromatic carboxylic acids is 1. The molecule has 0 spiro atoms. The van der Waals surface area contributed by atoms with Gasteiger partial charge in [0.25, 0.3) is 15.9 Å². The van der Waals surface area contributed by atoms with Gasteiger partial charge in [-0.1, -0.05) is 41.9 Å². The van der Waals surface area contributed by atoms with Crippen LogP contribution in [0.4, 0.5) is 11.4 Å². The van der Waals surface area contributed by atoms with Crippen molar-refractivity contribution in [2.45, 2.75) is 4.90 Å². The molecule has 0 atom stereocenters. The SMILES string of the molecule is CN(c1ccccc1)S(=O)(=O)c1ccc(Cl)c(C(=O)Nc2ccccc2C(=O)O)c1. The summed E-state index contributed by atoms with van der Waals surface area (Å²) in [6.07, 6.45) is 0. The Kier molecular flexibility index (Phi) is 6.09. The zero-order chi connectivity index (χ0) is 21.9. The Labute approximate surface area is 178 Å². The summed E-state index contributed by atoms with van der Waals surface area (Å²) < 4.78 is 27.1. The van der Waals surface area contributed by atoms with Crippen LogP contribution in [0.3, 0.4) is 0 Å². The summed E-state index contributed by atoms with van der Waals surface area (Å²) in [6, 6.07) is 18.1. The number of halogens is 1. The summed E-state index contributed by atoms with van der Waals surface area (Å²) in [5.41, 5.74) is 0.323. The van der Waals surface area contributed by atoms with Crippen LogP contribution in [0.25, 0.3) is 0 Å². The number of carboxylic acids is 1. The Morgan fingerprint density at radius 1 is 0.933 bits per heavy atom. The van der Waals surface area contributed by atoms with Crippen molar-refractivity contribution in [3.63, 3.8) is 0 Å². The van der Waals surface area contributed by atoms with Gasteiger partial charge in [0.2, 0.25) is 0 Å². The van der Waals surface area contributed by atoms with E-state index in [9.17, 15) is 23.1 Å². The summed E-state index contributed by atoms with van der Waals surface area (Å²) in [5, 5.41) is 11.8.